The highest BCUT2D eigenvalue weighted by Gasteiger charge is 2.12. The van der Waals surface area contributed by atoms with E-state index in [1.54, 1.807) is 13.4 Å². The summed E-state index contributed by atoms with van der Waals surface area (Å²) in [6.45, 7) is 8.20. The third kappa shape index (κ3) is 4.74. The highest BCUT2D eigenvalue weighted by Crippen LogP contribution is 2.08. The lowest BCUT2D eigenvalue weighted by atomic mass is 10.1. The SMILES string of the molecule is CCCNC(CCc1ncnn1C(C)C)COC. The van der Waals surface area contributed by atoms with Gasteiger partial charge in [-0.2, -0.15) is 5.10 Å². The average Bonchev–Trinajstić information content (AvgIpc) is 2.81. The van der Waals surface area contributed by atoms with E-state index in [1.165, 1.54) is 0 Å². The molecule has 104 valence electrons. The molecule has 0 radical (unpaired) electrons. The molecule has 0 saturated heterocycles. The number of rotatable bonds is 9. The standard InChI is InChI=1S/C13H26N4O/c1-5-8-14-12(9-18-4)6-7-13-15-10-16-17(13)11(2)3/h10-12,14H,5-9H2,1-4H3. The van der Waals surface area contributed by atoms with Crippen molar-refractivity contribution >= 4 is 0 Å². The summed E-state index contributed by atoms with van der Waals surface area (Å²) in [7, 11) is 1.75. The summed E-state index contributed by atoms with van der Waals surface area (Å²) in [5.41, 5.74) is 0. The van der Waals surface area contributed by atoms with Crippen LogP contribution in [0.1, 0.15) is 45.5 Å². The molecule has 0 bridgehead atoms. The predicted molar refractivity (Wildman–Crippen MR) is 72.7 cm³/mol. The van der Waals surface area contributed by atoms with E-state index in [4.69, 9.17) is 4.74 Å². The molecule has 1 N–H and O–H groups in total. The molecule has 0 aliphatic carbocycles. The van der Waals surface area contributed by atoms with Crippen LogP contribution in [0.3, 0.4) is 0 Å². The minimum Gasteiger partial charge on any atom is -0.383 e. The van der Waals surface area contributed by atoms with E-state index in [0.29, 0.717) is 12.1 Å². The third-order valence-electron chi connectivity index (χ3n) is 2.90. The molecule has 0 aromatic carbocycles. The summed E-state index contributed by atoms with van der Waals surface area (Å²) in [4.78, 5) is 4.33. The minimum absolute atomic E-state index is 0.368. The molecular weight excluding hydrogens is 228 g/mol. The molecular formula is C13H26N4O. The molecule has 1 heterocycles. The molecule has 0 aliphatic heterocycles. The van der Waals surface area contributed by atoms with Gasteiger partial charge in [0.25, 0.3) is 0 Å². The maximum Gasteiger partial charge on any atom is 0.138 e. The van der Waals surface area contributed by atoms with E-state index in [9.17, 15) is 0 Å². The second kappa shape index (κ2) is 8.21. The number of nitrogens with zero attached hydrogens (tertiary/aromatic N) is 3. The van der Waals surface area contributed by atoms with Gasteiger partial charge in [-0.15, -0.1) is 0 Å². The number of hydrogen-bond acceptors (Lipinski definition) is 4. The van der Waals surface area contributed by atoms with Gasteiger partial charge >= 0.3 is 0 Å². The van der Waals surface area contributed by atoms with Gasteiger partial charge in [0.05, 0.1) is 6.61 Å². The maximum absolute atomic E-state index is 5.24. The lowest BCUT2D eigenvalue weighted by Gasteiger charge is -2.17. The summed E-state index contributed by atoms with van der Waals surface area (Å²) in [6, 6.07) is 0.763. The Morgan fingerprint density at radius 1 is 1.44 bits per heavy atom. The summed E-state index contributed by atoms with van der Waals surface area (Å²) >= 11 is 0. The zero-order valence-corrected chi connectivity index (χ0v) is 12.0. The van der Waals surface area contributed by atoms with Crippen LogP contribution in [0.5, 0.6) is 0 Å². The van der Waals surface area contributed by atoms with Gasteiger partial charge in [-0.1, -0.05) is 6.92 Å². The van der Waals surface area contributed by atoms with Gasteiger partial charge < -0.3 is 10.1 Å². The van der Waals surface area contributed by atoms with E-state index >= 15 is 0 Å². The van der Waals surface area contributed by atoms with Crippen molar-refractivity contribution < 1.29 is 4.74 Å². The Hall–Kier alpha value is -0.940. The molecule has 1 atom stereocenters. The van der Waals surface area contributed by atoms with Gasteiger partial charge in [0.15, 0.2) is 0 Å². The number of hydrogen-bond donors (Lipinski definition) is 1. The van der Waals surface area contributed by atoms with Crippen LogP contribution in [0.2, 0.25) is 0 Å². The Bertz CT molecular complexity index is 325. The second-order valence-corrected chi connectivity index (χ2v) is 4.86. The molecule has 1 rings (SSSR count). The summed E-state index contributed by atoms with van der Waals surface area (Å²) in [6.07, 6.45) is 4.74. The summed E-state index contributed by atoms with van der Waals surface area (Å²) < 4.78 is 7.23. The lowest BCUT2D eigenvalue weighted by Crippen LogP contribution is -2.34. The molecule has 18 heavy (non-hydrogen) atoms. The predicted octanol–water partition coefficient (Wildman–Crippen LogP) is 1.81. The van der Waals surface area contributed by atoms with Crippen LogP contribution in [-0.2, 0) is 11.2 Å². The fourth-order valence-corrected chi connectivity index (χ4v) is 1.98. The van der Waals surface area contributed by atoms with Crippen molar-refractivity contribution in [1.82, 2.24) is 20.1 Å². The molecule has 0 amide bonds. The van der Waals surface area contributed by atoms with Crippen molar-refractivity contribution in [3.63, 3.8) is 0 Å². The molecule has 0 aliphatic rings. The van der Waals surface area contributed by atoms with Gasteiger partial charge in [-0.25, -0.2) is 9.67 Å². The molecule has 0 saturated carbocycles. The Morgan fingerprint density at radius 3 is 2.83 bits per heavy atom. The normalized spacial score (nSPS) is 13.2. The number of aryl methyl sites for hydroxylation is 1. The van der Waals surface area contributed by atoms with Gasteiger partial charge in [0.2, 0.25) is 0 Å². The minimum atomic E-state index is 0.368. The smallest absolute Gasteiger partial charge is 0.138 e. The third-order valence-corrected chi connectivity index (χ3v) is 2.90. The highest BCUT2D eigenvalue weighted by atomic mass is 16.5. The summed E-state index contributed by atoms with van der Waals surface area (Å²) in [5.74, 6) is 1.06. The monoisotopic (exact) mass is 254 g/mol. The van der Waals surface area contributed by atoms with Gasteiger partial charge in [-0.3, -0.25) is 0 Å². The molecule has 0 spiro atoms. The van der Waals surface area contributed by atoms with Crippen molar-refractivity contribution in [2.24, 2.45) is 0 Å². The number of nitrogens with one attached hydrogen (secondary N) is 1. The van der Waals surface area contributed by atoms with Gasteiger partial charge in [0.1, 0.15) is 12.2 Å². The first-order valence-electron chi connectivity index (χ1n) is 6.79. The Kier molecular flexibility index (Phi) is 6.90. The van der Waals surface area contributed by atoms with E-state index in [-0.39, 0.29) is 0 Å². The molecule has 1 aromatic rings. The average molecular weight is 254 g/mol. The fourth-order valence-electron chi connectivity index (χ4n) is 1.98. The quantitative estimate of drug-likeness (QED) is 0.730. The largest absolute Gasteiger partial charge is 0.383 e. The van der Waals surface area contributed by atoms with Gasteiger partial charge in [-0.05, 0) is 33.2 Å². The Balaban J connectivity index is 2.47. The van der Waals surface area contributed by atoms with Crippen LogP contribution in [-0.4, -0.2) is 41.1 Å². The van der Waals surface area contributed by atoms with Crippen LogP contribution in [0, 0.1) is 0 Å². The molecule has 5 nitrogen and oxygen atoms in total. The lowest BCUT2D eigenvalue weighted by molar-refractivity contribution is 0.162. The van der Waals surface area contributed by atoms with Crippen LogP contribution in [0.25, 0.3) is 0 Å². The Labute approximate surface area is 110 Å². The zero-order chi connectivity index (χ0) is 13.4. The number of ether oxygens (including phenoxy) is 1. The topological polar surface area (TPSA) is 52.0 Å². The molecule has 0 fully saturated rings. The Morgan fingerprint density at radius 2 is 2.22 bits per heavy atom. The van der Waals surface area contributed by atoms with E-state index in [2.05, 4.69) is 36.2 Å². The molecule has 1 aromatic heterocycles. The highest BCUT2D eigenvalue weighted by molar-refractivity contribution is 4.88. The first-order valence-corrected chi connectivity index (χ1v) is 6.79. The van der Waals surface area contributed by atoms with Gasteiger partial charge in [0, 0.05) is 25.6 Å². The first-order chi connectivity index (χ1) is 8.69. The fraction of sp³-hybridized carbons (Fsp3) is 0.846. The van der Waals surface area contributed by atoms with Crippen LogP contribution in [0.15, 0.2) is 6.33 Å². The molecule has 5 heteroatoms. The van der Waals surface area contributed by atoms with Crippen molar-refractivity contribution in [1.29, 1.82) is 0 Å². The molecule has 1 unspecified atom stereocenters. The van der Waals surface area contributed by atoms with Crippen LogP contribution in [0.4, 0.5) is 0 Å². The van der Waals surface area contributed by atoms with Crippen molar-refractivity contribution in [2.45, 2.75) is 52.1 Å². The van der Waals surface area contributed by atoms with Crippen molar-refractivity contribution in [2.75, 3.05) is 20.3 Å². The van der Waals surface area contributed by atoms with Crippen molar-refractivity contribution in [3.05, 3.63) is 12.2 Å². The maximum atomic E-state index is 5.24. The second-order valence-electron chi connectivity index (χ2n) is 4.86. The summed E-state index contributed by atoms with van der Waals surface area (Å²) in [5, 5.41) is 7.75. The van der Waals surface area contributed by atoms with Crippen LogP contribution >= 0.6 is 0 Å². The first kappa shape index (κ1) is 15.1. The number of methoxy groups -OCH3 is 1. The van der Waals surface area contributed by atoms with Crippen molar-refractivity contribution in [3.8, 4) is 0 Å². The van der Waals surface area contributed by atoms with Crippen LogP contribution < -0.4 is 5.32 Å². The number of aromatic nitrogens is 3. The zero-order valence-electron chi connectivity index (χ0n) is 12.0. The van der Waals surface area contributed by atoms with E-state index < -0.39 is 0 Å². The van der Waals surface area contributed by atoms with E-state index in [0.717, 1.165) is 38.2 Å². The van der Waals surface area contributed by atoms with E-state index in [1.807, 2.05) is 4.68 Å².